The smallest absolute Gasteiger partial charge is 0.0111 e. The Labute approximate surface area is 125 Å². The lowest BCUT2D eigenvalue weighted by Crippen LogP contribution is -2.49. The molecule has 1 aliphatic carbocycles. The molecule has 0 radical (unpaired) electrons. The number of rotatable bonds is 4. The third-order valence-corrected chi connectivity index (χ3v) is 5.88. The normalized spacial score (nSPS) is 39.1. The Morgan fingerprint density at radius 2 is 1.80 bits per heavy atom. The van der Waals surface area contributed by atoms with E-state index in [0.29, 0.717) is 0 Å². The van der Waals surface area contributed by atoms with Gasteiger partial charge >= 0.3 is 0 Å². The molecule has 20 heavy (non-hydrogen) atoms. The largest absolute Gasteiger partial charge is 0.311 e. The van der Waals surface area contributed by atoms with E-state index in [1.54, 1.807) is 0 Å². The lowest BCUT2D eigenvalue weighted by atomic mass is 9.80. The fourth-order valence-corrected chi connectivity index (χ4v) is 5.03. The minimum absolute atomic E-state index is 0.817. The summed E-state index contributed by atoms with van der Waals surface area (Å²) >= 11 is 0. The van der Waals surface area contributed by atoms with E-state index in [4.69, 9.17) is 0 Å². The molecule has 2 aliphatic heterocycles. The molecule has 2 heterocycles. The summed E-state index contributed by atoms with van der Waals surface area (Å²) in [6.07, 6.45) is 13.0. The molecule has 4 atom stereocenters. The van der Waals surface area contributed by atoms with Crippen LogP contribution in [0.2, 0.25) is 0 Å². The molecule has 0 aromatic rings. The van der Waals surface area contributed by atoms with E-state index in [-0.39, 0.29) is 0 Å². The van der Waals surface area contributed by atoms with E-state index in [0.717, 1.165) is 30.0 Å². The maximum absolute atomic E-state index is 4.05. The second-order valence-electron chi connectivity index (χ2n) is 8.08. The van der Waals surface area contributed by atoms with Gasteiger partial charge in [-0.15, -0.1) is 0 Å². The van der Waals surface area contributed by atoms with Crippen LogP contribution in [0.5, 0.6) is 0 Å². The molecule has 4 unspecified atom stereocenters. The maximum atomic E-state index is 4.05. The monoisotopic (exact) mass is 278 g/mol. The van der Waals surface area contributed by atoms with Gasteiger partial charge in [-0.25, -0.2) is 0 Å². The first kappa shape index (κ1) is 14.8. The zero-order valence-corrected chi connectivity index (χ0v) is 13.6. The molecule has 0 amide bonds. The average molecular weight is 278 g/mol. The summed E-state index contributed by atoms with van der Waals surface area (Å²) in [4.78, 5) is 2.74. The second-order valence-corrected chi connectivity index (χ2v) is 8.08. The number of hydrogen-bond acceptors (Lipinski definition) is 2. The first-order chi connectivity index (χ1) is 9.70. The summed E-state index contributed by atoms with van der Waals surface area (Å²) in [6.45, 7) is 7.49. The lowest BCUT2D eigenvalue weighted by molar-refractivity contribution is 0.148. The number of nitrogens with one attached hydrogen (secondary N) is 1. The summed E-state index contributed by atoms with van der Waals surface area (Å²) in [6, 6.07) is 2.55. The number of nitrogens with zero attached hydrogens (tertiary/aromatic N) is 1. The zero-order valence-electron chi connectivity index (χ0n) is 13.6. The topological polar surface area (TPSA) is 15.3 Å². The van der Waals surface area contributed by atoms with Gasteiger partial charge in [0.1, 0.15) is 0 Å². The van der Waals surface area contributed by atoms with Crippen molar-refractivity contribution < 1.29 is 0 Å². The SMILES string of the molecule is CC(C)CC1CCCC(NC2CCN3CCCC3C2)C1. The summed E-state index contributed by atoms with van der Waals surface area (Å²) in [7, 11) is 0. The van der Waals surface area contributed by atoms with E-state index >= 15 is 0 Å². The van der Waals surface area contributed by atoms with Crippen molar-refractivity contribution in [3.8, 4) is 0 Å². The van der Waals surface area contributed by atoms with E-state index in [1.807, 2.05) is 0 Å². The molecule has 116 valence electrons. The molecule has 2 nitrogen and oxygen atoms in total. The van der Waals surface area contributed by atoms with Crippen LogP contribution in [0.15, 0.2) is 0 Å². The number of hydrogen-bond donors (Lipinski definition) is 1. The van der Waals surface area contributed by atoms with Gasteiger partial charge in [-0.05, 0) is 69.9 Å². The van der Waals surface area contributed by atoms with Crippen LogP contribution >= 0.6 is 0 Å². The van der Waals surface area contributed by atoms with Gasteiger partial charge in [-0.3, -0.25) is 0 Å². The van der Waals surface area contributed by atoms with E-state index < -0.39 is 0 Å². The van der Waals surface area contributed by atoms with Gasteiger partial charge in [0.2, 0.25) is 0 Å². The molecule has 3 aliphatic rings. The Kier molecular flexibility index (Phi) is 5.04. The maximum Gasteiger partial charge on any atom is 0.0111 e. The molecule has 1 saturated carbocycles. The van der Waals surface area contributed by atoms with E-state index in [1.165, 1.54) is 70.9 Å². The van der Waals surface area contributed by atoms with Crippen molar-refractivity contribution in [2.75, 3.05) is 13.1 Å². The van der Waals surface area contributed by atoms with Crippen molar-refractivity contribution in [3.63, 3.8) is 0 Å². The standard InChI is InChI=1S/C18H34N2/c1-14(2)11-15-5-3-6-16(12-15)19-17-8-10-20-9-4-7-18(20)13-17/h14-19H,3-13H2,1-2H3. The fraction of sp³-hybridized carbons (Fsp3) is 1.00. The predicted molar refractivity (Wildman–Crippen MR) is 86.0 cm³/mol. The van der Waals surface area contributed by atoms with Crippen LogP contribution in [0.3, 0.4) is 0 Å². The van der Waals surface area contributed by atoms with Crippen molar-refractivity contribution in [2.45, 2.75) is 89.8 Å². The Hall–Kier alpha value is -0.0800. The molecular formula is C18H34N2. The molecule has 2 saturated heterocycles. The molecule has 0 aromatic carbocycles. The molecule has 3 rings (SSSR count). The highest BCUT2D eigenvalue weighted by atomic mass is 15.2. The van der Waals surface area contributed by atoms with E-state index in [2.05, 4.69) is 24.1 Å². The first-order valence-electron chi connectivity index (χ1n) is 9.21. The molecule has 0 bridgehead atoms. The summed E-state index contributed by atoms with van der Waals surface area (Å²) < 4.78 is 0. The molecule has 2 heteroatoms. The van der Waals surface area contributed by atoms with Crippen molar-refractivity contribution >= 4 is 0 Å². The summed E-state index contributed by atoms with van der Waals surface area (Å²) in [5.74, 6) is 1.87. The van der Waals surface area contributed by atoms with Gasteiger partial charge in [0.05, 0.1) is 0 Å². The van der Waals surface area contributed by atoms with Crippen LogP contribution in [0.4, 0.5) is 0 Å². The van der Waals surface area contributed by atoms with Crippen LogP contribution in [0, 0.1) is 11.8 Å². The van der Waals surface area contributed by atoms with Gasteiger partial charge in [0, 0.05) is 18.1 Å². The zero-order chi connectivity index (χ0) is 13.9. The Morgan fingerprint density at radius 1 is 0.950 bits per heavy atom. The van der Waals surface area contributed by atoms with E-state index in [9.17, 15) is 0 Å². The van der Waals surface area contributed by atoms with Crippen LogP contribution in [-0.2, 0) is 0 Å². The molecule has 0 aromatic heterocycles. The van der Waals surface area contributed by atoms with Gasteiger partial charge in [0.15, 0.2) is 0 Å². The molecule has 0 spiro atoms. The van der Waals surface area contributed by atoms with Gasteiger partial charge in [-0.1, -0.05) is 26.7 Å². The third-order valence-electron chi connectivity index (χ3n) is 5.88. The Balaban J connectivity index is 1.45. The highest BCUT2D eigenvalue weighted by Gasteiger charge is 2.33. The Morgan fingerprint density at radius 3 is 2.65 bits per heavy atom. The predicted octanol–water partition coefficient (Wildman–Crippen LogP) is 3.81. The van der Waals surface area contributed by atoms with Crippen molar-refractivity contribution in [1.29, 1.82) is 0 Å². The summed E-state index contributed by atoms with van der Waals surface area (Å²) in [5, 5.41) is 4.05. The Bertz CT molecular complexity index is 302. The highest BCUT2D eigenvalue weighted by molar-refractivity contribution is 4.91. The molecule has 3 fully saturated rings. The minimum atomic E-state index is 0.817. The quantitative estimate of drug-likeness (QED) is 0.841. The molecular weight excluding hydrogens is 244 g/mol. The van der Waals surface area contributed by atoms with Crippen LogP contribution in [0.25, 0.3) is 0 Å². The van der Waals surface area contributed by atoms with Crippen LogP contribution < -0.4 is 5.32 Å². The summed E-state index contributed by atoms with van der Waals surface area (Å²) in [5.41, 5.74) is 0. The van der Waals surface area contributed by atoms with Crippen molar-refractivity contribution in [1.82, 2.24) is 10.2 Å². The van der Waals surface area contributed by atoms with Crippen LogP contribution in [0.1, 0.15) is 71.6 Å². The van der Waals surface area contributed by atoms with Gasteiger partial charge in [0.25, 0.3) is 0 Å². The van der Waals surface area contributed by atoms with Gasteiger partial charge in [-0.2, -0.15) is 0 Å². The highest BCUT2D eigenvalue weighted by Crippen LogP contribution is 2.31. The van der Waals surface area contributed by atoms with Crippen molar-refractivity contribution in [3.05, 3.63) is 0 Å². The third kappa shape index (κ3) is 3.76. The number of piperidine rings is 1. The molecule has 1 N–H and O–H groups in total. The van der Waals surface area contributed by atoms with Crippen molar-refractivity contribution in [2.24, 2.45) is 11.8 Å². The second kappa shape index (κ2) is 6.79. The van der Waals surface area contributed by atoms with Crippen LogP contribution in [-0.4, -0.2) is 36.1 Å². The minimum Gasteiger partial charge on any atom is -0.311 e. The first-order valence-corrected chi connectivity index (χ1v) is 9.21. The van der Waals surface area contributed by atoms with Gasteiger partial charge < -0.3 is 10.2 Å². The average Bonchev–Trinajstić information content (AvgIpc) is 2.85. The number of fused-ring (bicyclic) bond motifs is 1. The lowest BCUT2D eigenvalue weighted by Gasteiger charge is -2.39. The fourth-order valence-electron chi connectivity index (χ4n) is 5.03.